The van der Waals surface area contributed by atoms with Crippen LogP contribution in [0, 0.1) is 10.8 Å². The topological polar surface area (TPSA) is 17.1 Å². The normalized spacial score (nSPS) is 28.0. The lowest BCUT2D eigenvalue weighted by Crippen LogP contribution is -2.25. The maximum Gasteiger partial charge on any atom is 0.155 e. The summed E-state index contributed by atoms with van der Waals surface area (Å²) in [5, 5.41) is 0. The molecule has 0 aromatic carbocycles. The average Bonchev–Trinajstić information content (AvgIpc) is 2.34. The highest BCUT2D eigenvalue weighted by Gasteiger charge is 2.46. The van der Waals surface area contributed by atoms with Gasteiger partial charge < -0.3 is 0 Å². The zero-order chi connectivity index (χ0) is 12.7. The van der Waals surface area contributed by atoms with E-state index in [1.807, 2.05) is 6.08 Å². The molecule has 0 bridgehead atoms. The third-order valence-corrected chi connectivity index (χ3v) is 5.27. The first kappa shape index (κ1) is 12.9. The molecule has 0 spiro atoms. The van der Waals surface area contributed by atoms with Gasteiger partial charge in [0, 0.05) is 6.42 Å². The van der Waals surface area contributed by atoms with Crippen LogP contribution in [0.2, 0.25) is 5.82 Å². The summed E-state index contributed by atoms with van der Waals surface area (Å²) in [5.41, 5.74) is 2.30. The molecule has 1 saturated carbocycles. The lowest BCUT2D eigenvalue weighted by Gasteiger charge is -2.34. The van der Waals surface area contributed by atoms with E-state index in [0.29, 0.717) is 16.6 Å². The molecule has 0 atom stereocenters. The Balaban J connectivity index is 2.01. The molecule has 0 aliphatic heterocycles. The van der Waals surface area contributed by atoms with Crippen molar-refractivity contribution >= 4 is 13.1 Å². The molecule has 1 fully saturated rings. The molecule has 17 heavy (non-hydrogen) atoms. The Morgan fingerprint density at radius 2 is 1.71 bits per heavy atom. The molecular formula is C15H25BO. The fraction of sp³-hybridized carbons (Fsp3) is 0.800. The first-order chi connectivity index (χ1) is 7.80. The minimum atomic E-state index is 0.350. The molecule has 0 unspecified atom stereocenters. The van der Waals surface area contributed by atoms with E-state index >= 15 is 0 Å². The number of hydrogen-bond acceptors (Lipinski definition) is 1. The standard InChI is InChI=1S/C15H25BO/c1-14(2)9-12(10-15(14,3)4)16-11-6-5-7-13(17)8-11/h8,12,16H,5-7,9-10H2,1-4H3. The van der Waals surface area contributed by atoms with E-state index in [1.165, 1.54) is 25.6 Å². The molecule has 2 rings (SSSR count). The second-order valence-electron chi connectivity index (χ2n) is 7.37. The Bertz CT molecular complexity index is 336. The molecule has 0 N–H and O–H groups in total. The summed E-state index contributed by atoms with van der Waals surface area (Å²) in [6.07, 6.45) is 7.55. The predicted molar refractivity (Wildman–Crippen MR) is 74.6 cm³/mol. The van der Waals surface area contributed by atoms with E-state index in [-0.39, 0.29) is 0 Å². The quantitative estimate of drug-likeness (QED) is 0.663. The van der Waals surface area contributed by atoms with Crippen LogP contribution < -0.4 is 0 Å². The van der Waals surface area contributed by atoms with E-state index < -0.39 is 0 Å². The molecule has 2 aliphatic rings. The van der Waals surface area contributed by atoms with Crippen molar-refractivity contribution in [3.8, 4) is 0 Å². The molecule has 0 aromatic rings. The van der Waals surface area contributed by atoms with Crippen molar-refractivity contribution in [3.63, 3.8) is 0 Å². The third-order valence-electron chi connectivity index (χ3n) is 5.27. The van der Waals surface area contributed by atoms with Gasteiger partial charge in [-0.1, -0.05) is 46.4 Å². The van der Waals surface area contributed by atoms with Crippen LogP contribution in [0.3, 0.4) is 0 Å². The van der Waals surface area contributed by atoms with Crippen LogP contribution in [-0.4, -0.2) is 13.1 Å². The number of ketones is 1. The summed E-state index contributed by atoms with van der Waals surface area (Å²) in [4.78, 5) is 11.4. The summed E-state index contributed by atoms with van der Waals surface area (Å²) in [7, 11) is 1.17. The van der Waals surface area contributed by atoms with Gasteiger partial charge in [0.05, 0.1) is 0 Å². The van der Waals surface area contributed by atoms with Gasteiger partial charge in [0.25, 0.3) is 0 Å². The van der Waals surface area contributed by atoms with E-state index in [4.69, 9.17) is 0 Å². The van der Waals surface area contributed by atoms with Crippen LogP contribution >= 0.6 is 0 Å². The zero-order valence-corrected chi connectivity index (χ0v) is 11.8. The van der Waals surface area contributed by atoms with Gasteiger partial charge in [-0.15, -0.1) is 5.47 Å². The molecular weight excluding hydrogens is 207 g/mol. The van der Waals surface area contributed by atoms with E-state index in [9.17, 15) is 4.79 Å². The number of hydrogen-bond donors (Lipinski definition) is 0. The van der Waals surface area contributed by atoms with Gasteiger partial charge in [-0.05, 0) is 29.7 Å². The Morgan fingerprint density at radius 3 is 2.24 bits per heavy atom. The SMILES string of the molecule is CC1(C)CC(BC2=CC(=O)CCC2)CC1(C)C. The highest BCUT2D eigenvalue weighted by atomic mass is 16.1. The molecule has 0 saturated heterocycles. The van der Waals surface area contributed by atoms with Gasteiger partial charge in [0.15, 0.2) is 13.1 Å². The van der Waals surface area contributed by atoms with Crippen LogP contribution in [0.25, 0.3) is 0 Å². The Morgan fingerprint density at radius 1 is 1.12 bits per heavy atom. The molecule has 2 aliphatic carbocycles. The van der Waals surface area contributed by atoms with Gasteiger partial charge >= 0.3 is 0 Å². The van der Waals surface area contributed by atoms with Crippen molar-refractivity contribution in [2.45, 2.75) is 65.6 Å². The average molecular weight is 232 g/mol. The minimum absolute atomic E-state index is 0.350. The van der Waals surface area contributed by atoms with Crippen molar-refractivity contribution < 1.29 is 4.79 Å². The largest absolute Gasteiger partial charge is 0.295 e. The van der Waals surface area contributed by atoms with Crippen molar-refractivity contribution in [3.05, 3.63) is 11.5 Å². The Labute approximate surface area is 106 Å². The van der Waals surface area contributed by atoms with Crippen molar-refractivity contribution in [1.29, 1.82) is 0 Å². The monoisotopic (exact) mass is 232 g/mol. The van der Waals surface area contributed by atoms with Crippen molar-refractivity contribution in [2.24, 2.45) is 10.8 Å². The van der Waals surface area contributed by atoms with Gasteiger partial charge in [0.1, 0.15) is 0 Å². The van der Waals surface area contributed by atoms with Gasteiger partial charge in [-0.3, -0.25) is 4.79 Å². The van der Waals surface area contributed by atoms with E-state index in [0.717, 1.165) is 25.1 Å². The maximum absolute atomic E-state index is 11.4. The van der Waals surface area contributed by atoms with E-state index in [1.54, 1.807) is 0 Å². The highest BCUT2D eigenvalue weighted by molar-refractivity contribution is 6.48. The molecule has 1 nitrogen and oxygen atoms in total. The van der Waals surface area contributed by atoms with E-state index in [2.05, 4.69) is 27.7 Å². The number of carbonyl (C=O) groups excluding carboxylic acids is 1. The van der Waals surface area contributed by atoms with Gasteiger partial charge in [-0.25, -0.2) is 0 Å². The summed E-state index contributed by atoms with van der Waals surface area (Å²) in [5.74, 6) is 1.14. The molecule has 0 aromatic heterocycles. The summed E-state index contributed by atoms with van der Waals surface area (Å²) in [6.45, 7) is 9.58. The van der Waals surface area contributed by atoms with Crippen LogP contribution in [0.4, 0.5) is 0 Å². The molecule has 0 radical (unpaired) electrons. The zero-order valence-electron chi connectivity index (χ0n) is 11.8. The van der Waals surface area contributed by atoms with Crippen LogP contribution in [0.1, 0.15) is 59.8 Å². The molecule has 0 amide bonds. The highest BCUT2D eigenvalue weighted by Crippen LogP contribution is 2.57. The lowest BCUT2D eigenvalue weighted by atomic mass is 9.55. The minimum Gasteiger partial charge on any atom is -0.295 e. The van der Waals surface area contributed by atoms with Crippen LogP contribution in [-0.2, 0) is 4.79 Å². The lowest BCUT2D eigenvalue weighted by molar-refractivity contribution is -0.115. The van der Waals surface area contributed by atoms with Crippen molar-refractivity contribution in [1.82, 2.24) is 0 Å². The second-order valence-corrected chi connectivity index (χ2v) is 7.37. The van der Waals surface area contributed by atoms with Gasteiger partial charge in [-0.2, -0.15) is 0 Å². The summed E-state index contributed by atoms with van der Waals surface area (Å²) in [6, 6.07) is 0. The third kappa shape index (κ3) is 2.66. The molecule has 94 valence electrons. The molecule has 0 heterocycles. The van der Waals surface area contributed by atoms with Gasteiger partial charge in [0.2, 0.25) is 0 Å². The number of allylic oxidation sites excluding steroid dienone is 2. The van der Waals surface area contributed by atoms with Crippen molar-refractivity contribution in [2.75, 3.05) is 0 Å². The van der Waals surface area contributed by atoms with Crippen LogP contribution in [0.15, 0.2) is 11.5 Å². The maximum atomic E-state index is 11.4. The second kappa shape index (κ2) is 4.30. The Hall–Kier alpha value is -0.525. The first-order valence-corrected chi connectivity index (χ1v) is 7.02. The Kier molecular flexibility index (Phi) is 3.26. The smallest absolute Gasteiger partial charge is 0.155 e. The fourth-order valence-electron chi connectivity index (χ4n) is 3.61. The summed E-state index contributed by atoms with van der Waals surface area (Å²) < 4.78 is 0. The van der Waals surface area contributed by atoms with Crippen LogP contribution in [0.5, 0.6) is 0 Å². The fourth-order valence-corrected chi connectivity index (χ4v) is 3.61. The number of carbonyl (C=O) groups is 1. The first-order valence-electron chi connectivity index (χ1n) is 7.02. The predicted octanol–water partition coefficient (Wildman–Crippen LogP) is 3.69. The summed E-state index contributed by atoms with van der Waals surface area (Å²) >= 11 is 0. The molecule has 2 heteroatoms. The number of rotatable bonds is 2.